The number of nitrogens with zero attached hydrogens (tertiary/aromatic N) is 4. The van der Waals surface area contributed by atoms with Gasteiger partial charge in [0.05, 0.1) is 18.4 Å². The van der Waals surface area contributed by atoms with Crippen LogP contribution in [0.1, 0.15) is 34.5 Å². The van der Waals surface area contributed by atoms with Crippen molar-refractivity contribution in [2.24, 2.45) is 0 Å². The van der Waals surface area contributed by atoms with Crippen LogP contribution in [0.3, 0.4) is 0 Å². The van der Waals surface area contributed by atoms with Crippen LogP contribution in [0, 0.1) is 0 Å². The highest BCUT2D eigenvalue weighted by atomic mass is 35.5. The van der Waals surface area contributed by atoms with Crippen molar-refractivity contribution in [2.45, 2.75) is 32.0 Å². The van der Waals surface area contributed by atoms with Crippen molar-refractivity contribution in [2.75, 3.05) is 16.8 Å². The maximum Gasteiger partial charge on any atom is 0.326 e. The van der Waals surface area contributed by atoms with Gasteiger partial charge in [-0.1, -0.05) is 29.3 Å². The molecule has 1 atom stereocenters. The molecule has 2 amide bonds. The number of nitrogens with two attached hydrogens (primary N) is 2. The third-order valence-corrected chi connectivity index (χ3v) is 6.62. The fourth-order valence-corrected chi connectivity index (χ4v) is 4.28. The zero-order valence-electron chi connectivity index (χ0n) is 21.4. The summed E-state index contributed by atoms with van der Waals surface area (Å²) in [4.78, 5) is 53.2. The van der Waals surface area contributed by atoms with Crippen LogP contribution >= 0.6 is 23.2 Å². The summed E-state index contributed by atoms with van der Waals surface area (Å²) in [6, 6.07) is 10.1. The van der Waals surface area contributed by atoms with Crippen LogP contribution in [0.15, 0.2) is 48.7 Å². The van der Waals surface area contributed by atoms with E-state index in [0.29, 0.717) is 39.1 Å². The molecule has 0 aliphatic rings. The monoisotopic (exact) mass is 597 g/mol. The number of carboxylic acid groups (broad SMARTS) is 1. The SMILES string of the molecule is Nc1nc(N)c2nc(CNc3ccc(C(=O)NC(CCC(=O)NCc4c(Cl)cccc4Cl)C(=O)O)cc3)cnc2n1. The fourth-order valence-electron chi connectivity index (χ4n) is 3.75. The van der Waals surface area contributed by atoms with Crippen molar-refractivity contribution in [3.8, 4) is 0 Å². The molecule has 41 heavy (non-hydrogen) atoms. The summed E-state index contributed by atoms with van der Waals surface area (Å²) in [5.41, 5.74) is 14.1. The van der Waals surface area contributed by atoms with E-state index < -0.39 is 23.8 Å². The summed E-state index contributed by atoms with van der Waals surface area (Å²) in [6.45, 7) is 0.386. The lowest BCUT2D eigenvalue weighted by Gasteiger charge is -2.15. The van der Waals surface area contributed by atoms with Crippen LogP contribution in [0.5, 0.6) is 0 Å². The summed E-state index contributed by atoms with van der Waals surface area (Å²) >= 11 is 12.2. The lowest BCUT2D eigenvalue weighted by molar-refractivity contribution is -0.139. The van der Waals surface area contributed by atoms with E-state index in [1.807, 2.05) is 0 Å². The first-order chi connectivity index (χ1) is 19.6. The molecule has 0 fully saturated rings. The molecule has 2 aromatic carbocycles. The minimum atomic E-state index is -1.27. The maximum absolute atomic E-state index is 12.7. The average molecular weight is 598 g/mol. The molecule has 2 aromatic heterocycles. The number of carbonyl (C=O) groups is 3. The number of benzene rings is 2. The number of amides is 2. The van der Waals surface area contributed by atoms with Crippen LogP contribution in [0.2, 0.25) is 10.0 Å². The topological polar surface area (TPSA) is 211 Å². The zero-order chi connectivity index (χ0) is 29.5. The van der Waals surface area contributed by atoms with Crippen LogP contribution in [-0.4, -0.2) is 48.9 Å². The number of carboxylic acids is 1. The van der Waals surface area contributed by atoms with Crippen molar-refractivity contribution in [1.29, 1.82) is 0 Å². The highest BCUT2D eigenvalue weighted by molar-refractivity contribution is 6.36. The van der Waals surface area contributed by atoms with Gasteiger partial charge in [0.25, 0.3) is 5.91 Å². The Morgan fingerprint density at radius 1 is 0.951 bits per heavy atom. The summed E-state index contributed by atoms with van der Waals surface area (Å²) in [5, 5.41) is 18.6. The van der Waals surface area contributed by atoms with Crippen molar-refractivity contribution in [3.63, 3.8) is 0 Å². The Kier molecular flexibility index (Phi) is 9.32. The quantitative estimate of drug-likeness (QED) is 0.148. The van der Waals surface area contributed by atoms with Crippen LogP contribution < -0.4 is 27.4 Å². The smallest absolute Gasteiger partial charge is 0.326 e. The predicted octanol–water partition coefficient (Wildman–Crippen LogP) is 2.78. The number of fused-ring (bicyclic) bond motifs is 1. The van der Waals surface area contributed by atoms with Gasteiger partial charge in [-0.2, -0.15) is 9.97 Å². The highest BCUT2D eigenvalue weighted by Crippen LogP contribution is 2.24. The molecule has 0 saturated carbocycles. The second-order valence-corrected chi connectivity index (χ2v) is 9.63. The molecule has 212 valence electrons. The minimum Gasteiger partial charge on any atom is -0.480 e. The Balaban J connectivity index is 1.28. The van der Waals surface area contributed by atoms with Crippen LogP contribution in [0.4, 0.5) is 17.5 Å². The molecule has 2 heterocycles. The van der Waals surface area contributed by atoms with Gasteiger partial charge in [-0.15, -0.1) is 0 Å². The standard InChI is InChI=1S/C26H25Cl2N9O4/c27-17-2-1-3-18(28)16(17)12-32-20(38)9-8-19(25(40)41)35-24(39)13-4-6-14(7-5-13)31-10-15-11-33-23-21(34-15)22(29)36-26(30)37-23/h1-7,11,19,31H,8-10,12H2,(H,32,38)(H,35,39)(H,40,41)(H4,29,30,33,36,37). The summed E-state index contributed by atoms with van der Waals surface area (Å²) in [6.07, 6.45) is 1.28. The maximum atomic E-state index is 12.7. The number of rotatable bonds is 11. The summed E-state index contributed by atoms with van der Waals surface area (Å²) < 4.78 is 0. The lowest BCUT2D eigenvalue weighted by Crippen LogP contribution is -2.41. The van der Waals surface area contributed by atoms with E-state index in [1.165, 1.54) is 18.3 Å². The van der Waals surface area contributed by atoms with E-state index in [4.69, 9.17) is 34.7 Å². The number of nitrogens with one attached hydrogen (secondary N) is 3. The van der Waals surface area contributed by atoms with Gasteiger partial charge >= 0.3 is 5.97 Å². The molecule has 0 saturated heterocycles. The second kappa shape index (κ2) is 13.1. The summed E-state index contributed by atoms with van der Waals surface area (Å²) in [7, 11) is 0. The predicted molar refractivity (Wildman–Crippen MR) is 154 cm³/mol. The van der Waals surface area contributed by atoms with E-state index in [1.54, 1.807) is 30.3 Å². The number of hydrogen-bond donors (Lipinski definition) is 6. The van der Waals surface area contributed by atoms with Crippen molar-refractivity contribution in [1.82, 2.24) is 30.6 Å². The zero-order valence-corrected chi connectivity index (χ0v) is 22.9. The van der Waals surface area contributed by atoms with Gasteiger partial charge in [0.15, 0.2) is 17.0 Å². The first kappa shape index (κ1) is 29.2. The number of carbonyl (C=O) groups excluding carboxylic acids is 2. The third kappa shape index (κ3) is 7.68. The third-order valence-electron chi connectivity index (χ3n) is 5.91. The first-order valence-corrected chi connectivity index (χ1v) is 13.0. The first-order valence-electron chi connectivity index (χ1n) is 12.2. The van der Waals surface area contributed by atoms with Crippen LogP contribution in [0.25, 0.3) is 11.2 Å². The lowest BCUT2D eigenvalue weighted by atomic mass is 10.1. The molecule has 8 N–H and O–H groups in total. The number of aliphatic carboxylic acids is 1. The van der Waals surface area contributed by atoms with Gasteiger partial charge in [-0.05, 0) is 42.8 Å². The molecule has 0 aliphatic heterocycles. The molecule has 0 radical (unpaired) electrons. The number of anilines is 3. The molecular formula is C26H25Cl2N9O4. The molecule has 15 heteroatoms. The Morgan fingerprint density at radius 3 is 2.34 bits per heavy atom. The van der Waals surface area contributed by atoms with Gasteiger partial charge in [-0.25, -0.2) is 14.8 Å². The normalized spacial score (nSPS) is 11.6. The molecular weight excluding hydrogens is 573 g/mol. The van der Waals surface area contributed by atoms with Crippen LogP contribution in [-0.2, 0) is 22.7 Å². The second-order valence-electron chi connectivity index (χ2n) is 8.81. The molecule has 4 rings (SSSR count). The van der Waals surface area contributed by atoms with E-state index >= 15 is 0 Å². The van der Waals surface area contributed by atoms with Crippen molar-refractivity contribution < 1.29 is 19.5 Å². The number of aromatic nitrogens is 4. The van der Waals surface area contributed by atoms with E-state index in [9.17, 15) is 19.5 Å². The van der Waals surface area contributed by atoms with Gasteiger partial charge in [-0.3, -0.25) is 9.59 Å². The number of halogens is 2. The van der Waals surface area contributed by atoms with Gasteiger partial charge in [0.2, 0.25) is 11.9 Å². The Morgan fingerprint density at radius 2 is 1.66 bits per heavy atom. The molecule has 13 nitrogen and oxygen atoms in total. The highest BCUT2D eigenvalue weighted by Gasteiger charge is 2.22. The molecule has 4 aromatic rings. The van der Waals surface area contributed by atoms with Gasteiger partial charge in [0.1, 0.15) is 6.04 Å². The fraction of sp³-hybridized carbons (Fsp3) is 0.192. The van der Waals surface area contributed by atoms with Gasteiger partial charge in [0, 0.05) is 39.8 Å². The molecule has 0 spiro atoms. The van der Waals surface area contributed by atoms with Gasteiger partial charge < -0.3 is 32.5 Å². The Hall–Kier alpha value is -4.75. The number of nitrogen functional groups attached to an aromatic ring is 2. The van der Waals surface area contributed by atoms with E-state index in [0.717, 1.165) is 0 Å². The Bertz CT molecular complexity index is 1580. The largest absolute Gasteiger partial charge is 0.480 e. The molecule has 0 aliphatic carbocycles. The van der Waals surface area contributed by atoms with E-state index in [2.05, 4.69) is 35.9 Å². The molecule has 0 bridgehead atoms. The molecule has 1 unspecified atom stereocenters. The summed E-state index contributed by atoms with van der Waals surface area (Å²) in [5.74, 6) is -2.13. The Labute approximate surface area is 243 Å². The van der Waals surface area contributed by atoms with Crippen molar-refractivity contribution in [3.05, 3.63) is 75.5 Å². The average Bonchev–Trinajstić information content (AvgIpc) is 2.94. The van der Waals surface area contributed by atoms with Crippen molar-refractivity contribution >= 4 is 69.6 Å². The number of hydrogen-bond acceptors (Lipinski definition) is 10. The van der Waals surface area contributed by atoms with E-state index in [-0.39, 0.29) is 42.4 Å². The minimum absolute atomic E-state index is 0.00909.